The fourth-order valence-corrected chi connectivity index (χ4v) is 0.852. The molecule has 0 amide bonds. The number of alkyl halides is 3. The first-order valence-corrected chi connectivity index (χ1v) is 3.53. The van der Waals surface area contributed by atoms with E-state index in [0.717, 1.165) is 12.1 Å². The van der Waals surface area contributed by atoms with Crippen molar-refractivity contribution in [2.45, 2.75) is 6.36 Å². The number of nitrogens with two attached hydrogens (primary N) is 1. The lowest BCUT2D eigenvalue weighted by Crippen LogP contribution is -2.17. The molecule has 14 heavy (non-hydrogen) atoms. The highest BCUT2D eigenvalue weighted by Gasteiger charge is 2.31. The van der Waals surface area contributed by atoms with Gasteiger partial charge in [0.15, 0.2) is 6.29 Å². The maximum Gasteiger partial charge on any atom is 0.573 e. The van der Waals surface area contributed by atoms with Crippen LogP contribution in [0.1, 0.15) is 10.4 Å². The zero-order chi connectivity index (χ0) is 10.8. The van der Waals surface area contributed by atoms with Crippen LogP contribution >= 0.6 is 0 Å². The fourth-order valence-electron chi connectivity index (χ4n) is 0.852. The van der Waals surface area contributed by atoms with Crippen LogP contribution in [0.15, 0.2) is 18.2 Å². The summed E-state index contributed by atoms with van der Waals surface area (Å²) in [5.74, 6) is -0.464. The predicted molar refractivity (Wildman–Crippen MR) is 42.9 cm³/mol. The van der Waals surface area contributed by atoms with Crippen LogP contribution < -0.4 is 10.5 Å². The molecule has 0 heterocycles. The summed E-state index contributed by atoms with van der Waals surface area (Å²) in [7, 11) is 0. The average Bonchev–Trinajstić information content (AvgIpc) is 2.06. The van der Waals surface area contributed by atoms with Crippen molar-refractivity contribution < 1.29 is 22.7 Å². The third kappa shape index (κ3) is 2.65. The number of aldehydes is 1. The summed E-state index contributed by atoms with van der Waals surface area (Å²) in [6.45, 7) is 0. The standard InChI is InChI=1S/C8H6F3NO2/c9-8(10,11)14-6-1-2-7(12)5(3-6)4-13/h1-4H,12H2. The predicted octanol–water partition coefficient (Wildman–Crippen LogP) is 1.98. The fraction of sp³-hybridized carbons (Fsp3) is 0.125. The molecule has 3 nitrogen and oxygen atoms in total. The molecule has 2 N–H and O–H groups in total. The molecule has 0 saturated heterocycles. The normalized spacial score (nSPS) is 11.1. The average molecular weight is 205 g/mol. The van der Waals surface area contributed by atoms with Crippen molar-refractivity contribution in [2.24, 2.45) is 0 Å². The molecule has 0 spiro atoms. The van der Waals surface area contributed by atoms with E-state index in [1.807, 2.05) is 0 Å². The van der Waals surface area contributed by atoms with Crippen molar-refractivity contribution in [3.05, 3.63) is 23.8 Å². The topological polar surface area (TPSA) is 52.3 Å². The van der Waals surface area contributed by atoms with Crippen LogP contribution in [0.3, 0.4) is 0 Å². The number of hydrogen-bond donors (Lipinski definition) is 1. The summed E-state index contributed by atoms with van der Waals surface area (Å²) in [5, 5.41) is 0. The molecule has 0 saturated carbocycles. The molecule has 0 aromatic heterocycles. The van der Waals surface area contributed by atoms with Gasteiger partial charge in [-0.05, 0) is 18.2 Å². The van der Waals surface area contributed by atoms with E-state index in [4.69, 9.17) is 5.73 Å². The molecular formula is C8H6F3NO2. The van der Waals surface area contributed by atoms with E-state index in [1.165, 1.54) is 6.07 Å². The quantitative estimate of drug-likeness (QED) is 0.593. The minimum absolute atomic E-state index is 0.0354. The Labute approximate surface area is 77.3 Å². The van der Waals surface area contributed by atoms with Crippen LogP contribution in [-0.4, -0.2) is 12.6 Å². The van der Waals surface area contributed by atoms with Gasteiger partial charge in [0.25, 0.3) is 0 Å². The molecule has 0 unspecified atom stereocenters. The van der Waals surface area contributed by atoms with E-state index < -0.39 is 12.1 Å². The Hall–Kier alpha value is -1.72. The highest BCUT2D eigenvalue weighted by Crippen LogP contribution is 2.25. The van der Waals surface area contributed by atoms with Crippen molar-refractivity contribution in [3.8, 4) is 5.75 Å². The van der Waals surface area contributed by atoms with Gasteiger partial charge in [0.05, 0.1) is 0 Å². The monoisotopic (exact) mass is 205 g/mol. The zero-order valence-corrected chi connectivity index (χ0v) is 6.84. The number of carbonyl (C=O) groups is 1. The number of halogens is 3. The minimum atomic E-state index is -4.77. The highest BCUT2D eigenvalue weighted by atomic mass is 19.4. The third-order valence-electron chi connectivity index (χ3n) is 1.42. The Balaban J connectivity index is 2.95. The summed E-state index contributed by atoms with van der Waals surface area (Å²) < 4.78 is 38.8. The van der Waals surface area contributed by atoms with Gasteiger partial charge in [-0.1, -0.05) is 0 Å². The number of ether oxygens (including phenoxy) is 1. The molecule has 6 heteroatoms. The van der Waals surface area contributed by atoms with Crippen LogP contribution in [0.2, 0.25) is 0 Å². The molecule has 0 aliphatic rings. The zero-order valence-electron chi connectivity index (χ0n) is 6.84. The smallest absolute Gasteiger partial charge is 0.406 e. The summed E-state index contributed by atoms with van der Waals surface area (Å²) in [5.41, 5.74) is 5.37. The van der Waals surface area contributed by atoms with Crippen molar-refractivity contribution in [2.75, 3.05) is 5.73 Å². The Morgan fingerprint density at radius 3 is 2.50 bits per heavy atom. The lowest BCUT2D eigenvalue weighted by Gasteiger charge is -2.09. The highest BCUT2D eigenvalue weighted by molar-refractivity contribution is 5.83. The Kier molecular flexibility index (Phi) is 2.64. The molecule has 1 aromatic carbocycles. The van der Waals surface area contributed by atoms with Crippen LogP contribution in [0.5, 0.6) is 5.75 Å². The van der Waals surface area contributed by atoms with Gasteiger partial charge in [-0.3, -0.25) is 4.79 Å². The number of benzene rings is 1. The molecule has 0 radical (unpaired) electrons. The number of nitrogen functional groups attached to an aromatic ring is 1. The second-order valence-electron chi connectivity index (χ2n) is 2.46. The van der Waals surface area contributed by atoms with Gasteiger partial charge in [-0.2, -0.15) is 0 Å². The Bertz CT molecular complexity index is 349. The summed E-state index contributed by atoms with van der Waals surface area (Å²) in [6.07, 6.45) is -4.41. The third-order valence-corrected chi connectivity index (χ3v) is 1.42. The van der Waals surface area contributed by atoms with Gasteiger partial charge >= 0.3 is 6.36 Å². The lowest BCUT2D eigenvalue weighted by atomic mass is 10.2. The van der Waals surface area contributed by atoms with Crippen LogP contribution in [-0.2, 0) is 0 Å². The first kappa shape index (κ1) is 10.4. The number of carbonyl (C=O) groups excluding carboxylic acids is 1. The number of rotatable bonds is 2. The van der Waals surface area contributed by atoms with Gasteiger partial charge < -0.3 is 10.5 Å². The van der Waals surface area contributed by atoms with Crippen LogP contribution in [0.25, 0.3) is 0 Å². The van der Waals surface area contributed by atoms with Crippen molar-refractivity contribution in [1.82, 2.24) is 0 Å². The molecule has 0 aliphatic heterocycles. The maximum atomic E-state index is 11.7. The summed E-state index contributed by atoms with van der Waals surface area (Å²) in [4.78, 5) is 10.3. The van der Waals surface area contributed by atoms with Gasteiger partial charge in [0.1, 0.15) is 5.75 Å². The molecule has 76 valence electrons. The van der Waals surface area contributed by atoms with Gasteiger partial charge in [-0.25, -0.2) is 0 Å². The van der Waals surface area contributed by atoms with Crippen molar-refractivity contribution in [1.29, 1.82) is 0 Å². The van der Waals surface area contributed by atoms with Gasteiger partial charge in [0.2, 0.25) is 0 Å². The van der Waals surface area contributed by atoms with Gasteiger partial charge in [0, 0.05) is 11.3 Å². The molecule has 1 aromatic rings. The SMILES string of the molecule is Nc1ccc(OC(F)(F)F)cc1C=O. The van der Waals surface area contributed by atoms with Gasteiger partial charge in [-0.15, -0.1) is 13.2 Å². The van der Waals surface area contributed by atoms with E-state index in [-0.39, 0.29) is 11.3 Å². The molecule has 1 rings (SSSR count). The van der Waals surface area contributed by atoms with Crippen molar-refractivity contribution in [3.63, 3.8) is 0 Å². The molecular weight excluding hydrogens is 199 g/mol. The van der Waals surface area contributed by atoms with E-state index in [9.17, 15) is 18.0 Å². The number of hydrogen-bond acceptors (Lipinski definition) is 3. The minimum Gasteiger partial charge on any atom is -0.406 e. The first-order chi connectivity index (χ1) is 6.42. The molecule has 0 aliphatic carbocycles. The van der Waals surface area contributed by atoms with Crippen LogP contribution in [0, 0.1) is 0 Å². The molecule has 0 fully saturated rings. The molecule has 0 bridgehead atoms. The second-order valence-corrected chi connectivity index (χ2v) is 2.46. The summed E-state index contributed by atoms with van der Waals surface area (Å²) >= 11 is 0. The van der Waals surface area contributed by atoms with Crippen molar-refractivity contribution >= 4 is 12.0 Å². The van der Waals surface area contributed by atoms with E-state index in [0.29, 0.717) is 6.29 Å². The maximum absolute atomic E-state index is 11.7. The summed E-state index contributed by atoms with van der Waals surface area (Å²) in [6, 6.07) is 3.14. The van der Waals surface area contributed by atoms with E-state index in [2.05, 4.69) is 4.74 Å². The lowest BCUT2D eigenvalue weighted by molar-refractivity contribution is -0.274. The second kappa shape index (κ2) is 3.57. The number of anilines is 1. The first-order valence-electron chi connectivity index (χ1n) is 3.53. The van der Waals surface area contributed by atoms with E-state index in [1.54, 1.807) is 0 Å². The molecule has 0 atom stereocenters. The van der Waals surface area contributed by atoms with Crippen LogP contribution in [0.4, 0.5) is 18.9 Å². The van der Waals surface area contributed by atoms with E-state index >= 15 is 0 Å². The Morgan fingerprint density at radius 2 is 2.00 bits per heavy atom. The largest absolute Gasteiger partial charge is 0.573 e. The Morgan fingerprint density at radius 1 is 1.36 bits per heavy atom.